The molecule has 0 N–H and O–H groups in total. The zero-order chi connectivity index (χ0) is 76.8. The van der Waals surface area contributed by atoms with Gasteiger partial charge in [0.25, 0.3) is 0 Å². The molecule has 0 fully saturated rings. The molecular formula is C106H78F2N2O2Si2. The number of hydrogen-bond donors (Lipinski definition) is 0. The molecule has 0 saturated carbocycles. The molecule has 0 bridgehead atoms. The second-order valence-corrected chi connectivity index (χ2v) is 38.4. The molecular weight excluding hydrogens is 1430 g/mol. The van der Waals surface area contributed by atoms with Gasteiger partial charge >= 0.3 is 0 Å². The molecule has 0 atom stereocenters. The summed E-state index contributed by atoms with van der Waals surface area (Å²) in [7, 11) is -5.76. The topological polar surface area (TPSA) is 32.8 Å². The lowest BCUT2D eigenvalue weighted by molar-refractivity contribution is 0.628. The van der Waals surface area contributed by atoms with E-state index in [0.717, 1.165) is 121 Å². The van der Waals surface area contributed by atoms with Gasteiger partial charge in [-0.15, -0.1) is 0 Å². The first-order chi connectivity index (χ1) is 56.0. The minimum absolute atomic E-state index is 0.00177. The van der Waals surface area contributed by atoms with Crippen LogP contribution in [-0.2, 0) is 0 Å². The number of nitrogens with zero attached hydrogens (tertiary/aromatic N) is 2. The maximum Gasteiger partial charge on any atom is 0.179 e. The SMILES string of the molecule is CC(C)c1cc(N(c2ccc3oc4ccccc4c3c2)c2cc(-c3ccc([Si](c4ccccc4)(c4ccccc4)c4ccccc4)cc3)ccc2F)c2ccc3c(C(C)C)cc(N(c4cc(-c5ccc([Si](c6ccccc6)(c6ccccc6)c6ccccc6)cc5)ccc4F)c4cccc5c4oc4ccccc45)c4ccc1c2c34. The molecule has 0 amide bonds. The van der Waals surface area contributed by atoms with Crippen molar-refractivity contribution in [1.29, 1.82) is 0 Å². The monoisotopic (exact) mass is 1500 g/mol. The molecule has 0 radical (unpaired) electrons. The van der Waals surface area contributed by atoms with Crippen LogP contribution >= 0.6 is 0 Å². The highest BCUT2D eigenvalue weighted by atomic mass is 28.3. The van der Waals surface area contributed by atoms with Crippen molar-refractivity contribution in [1.82, 2.24) is 0 Å². The number of para-hydroxylation sites is 3. The van der Waals surface area contributed by atoms with Gasteiger partial charge in [0.1, 0.15) is 28.4 Å². The van der Waals surface area contributed by atoms with Crippen molar-refractivity contribution in [3.63, 3.8) is 0 Å². The zero-order valence-electron chi connectivity index (χ0n) is 63.6. The van der Waals surface area contributed by atoms with Gasteiger partial charge in [0.2, 0.25) is 0 Å². The lowest BCUT2D eigenvalue weighted by atomic mass is 9.84. The predicted octanol–water partition coefficient (Wildman–Crippen LogP) is 23.9. The van der Waals surface area contributed by atoms with Gasteiger partial charge in [-0.25, -0.2) is 8.78 Å². The molecule has 2 aromatic heterocycles. The molecule has 18 aromatic carbocycles. The molecule has 0 unspecified atom stereocenters. The van der Waals surface area contributed by atoms with Gasteiger partial charge in [0.15, 0.2) is 21.7 Å². The summed E-state index contributed by atoms with van der Waals surface area (Å²) in [5.41, 5.74) is 12.5. The van der Waals surface area contributed by atoms with E-state index in [1.165, 1.54) is 41.5 Å². The molecule has 2 heterocycles. The van der Waals surface area contributed by atoms with Gasteiger partial charge in [0.05, 0.1) is 28.4 Å². The van der Waals surface area contributed by atoms with Gasteiger partial charge in [-0.05, 0) is 181 Å². The van der Waals surface area contributed by atoms with E-state index in [1.807, 2.05) is 66.7 Å². The average molecular weight is 1510 g/mol. The highest BCUT2D eigenvalue weighted by Crippen LogP contribution is 2.54. The number of anilines is 6. The Hall–Kier alpha value is -13.5. The fourth-order valence-electron chi connectivity index (χ4n) is 18.6. The van der Waals surface area contributed by atoms with E-state index < -0.39 is 22.0 Å². The third-order valence-electron chi connectivity index (χ3n) is 23.8. The molecule has 20 aromatic rings. The first kappa shape index (κ1) is 69.7. The van der Waals surface area contributed by atoms with Crippen molar-refractivity contribution in [3.05, 3.63) is 411 Å². The van der Waals surface area contributed by atoms with Crippen molar-refractivity contribution in [2.24, 2.45) is 0 Å². The third kappa shape index (κ3) is 11.3. The first-order valence-corrected chi connectivity index (χ1v) is 43.4. The summed E-state index contributed by atoms with van der Waals surface area (Å²) in [6.45, 7) is 8.99. The Morgan fingerprint density at radius 3 is 1.01 bits per heavy atom. The van der Waals surface area contributed by atoms with Crippen LogP contribution in [0.25, 0.3) is 98.4 Å². The van der Waals surface area contributed by atoms with Gasteiger partial charge in [-0.2, -0.15) is 0 Å². The lowest BCUT2D eigenvalue weighted by Gasteiger charge is -2.34. The minimum Gasteiger partial charge on any atom is -0.456 e. The van der Waals surface area contributed by atoms with E-state index in [0.29, 0.717) is 22.6 Å². The third-order valence-corrected chi connectivity index (χ3v) is 33.4. The molecule has 8 heteroatoms. The summed E-state index contributed by atoms with van der Waals surface area (Å²) >= 11 is 0. The van der Waals surface area contributed by atoms with Crippen LogP contribution in [0.3, 0.4) is 0 Å². The largest absolute Gasteiger partial charge is 0.456 e. The Labute approximate surface area is 663 Å². The van der Waals surface area contributed by atoms with Gasteiger partial charge < -0.3 is 18.6 Å². The number of fused-ring (bicyclic) bond motifs is 6. The Balaban J connectivity index is 0.800. The van der Waals surface area contributed by atoms with Crippen LogP contribution < -0.4 is 51.3 Å². The lowest BCUT2D eigenvalue weighted by Crippen LogP contribution is -2.74. The Bertz CT molecular complexity index is 6800. The molecule has 4 nitrogen and oxygen atoms in total. The van der Waals surface area contributed by atoms with Gasteiger partial charge in [-0.3, -0.25) is 0 Å². The fourth-order valence-corrected chi connectivity index (χ4v) is 28.1. The van der Waals surface area contributed by atoms with Crippen LogP contribution in [-0.4, -0.2) is 16.1 Å². The summed E-state index contributed by atoms with van der Waals surface area (Å²) < 4.78 is 50.4. The predicted molar refractivity (Wildman–Crippen MR) is 480 cm³/mol. The minimum atomic E-state index is -2.88. The molecule has 114 heavy (non-hydrogen) atoms. The standard InChI is InChI=1S/C106H78F2N2O2Si2/c1-69(2)91-67-97(109(75-52-63-103-93(66-75)85-41-24-25-44-101(85)111-103)99-64-73(50-61-94(99)107)71-46-53-82(54-47-71)113(76-28-11-5-12-29-76,77-30-13-6-14-31-77)78-32-15-7-16-33-78)89-59-57-87-92(70(3)4)68-98(90-60-58-86(91)104(89)105(87)90)110(96-43-27-42-88-84-40-23-26-45-102(84)112-106(88)96)100-65-74(51-62-95(100)108)72-48-55-83(56-49-72)114(79-34-17-8-18-35-79,80-36-19-9-20-37-80)81-38-21-10-22-39-81/h5-70H,1-4H3. The van der Waals surface area contributed by atoms with Crippen molar-refractivity contribution in [3.8, 4) is 22.3 Å². The summed E-state index contributed by atoms with van der Waals surface area (Å²) in [6, 6.07) is 137. The summed E-state index contributed by atoms with van der Waals surface area (Å²) in [5.74, 6) is -0.765. The summed E-state index contributed by atoms with van der Waals surface area (Å²) in [6.07, 6.45) is 0. The van der Waals surface area contributed by atoms with Crippen LogP contribution in [0.1, 0.15) is 50.7 Å². The van der Waals surface area contributed by atoms with Crippen LogP contribution in [0, 0.1) is 11.6 Å². The van der Waals surface area contributed by atoms with Crippen LogP contribution in [0.15, 0.2) is 397 Å². The normalized spacial score (nSPS) is 12.1. The van der Waals surface area contributed by atoms with Crippen LogP contribution in [0.2, 0.25) is 0 Å². The van der Waals surface area contributed by atoms with Gasteiger partial charge in [0, 0.05) is 38.0 Å². The van der Waals surface area contributed by atoms with E-state index >= 15 is 8.78 Å². The molecule has 0 saturated heterocycles. The van der Waals surface area contributed by atoms with E-state index in [9.17, 15) is 0 Å². The molecule has 0 aliphatic rings. The van der Waals surface area contributed by atoms with Crippen molar-refractivity contribution >= 4 is 168 Å². The smallest absolute Gasteiger partial charge is 0.179 e. The van der Waals surface area contributed by atoms with Crippen LogP contribution in [0.5, 0.6) is 0 Å². The van der Waals surface area contributed by atoms with Crippen molar-refractivity contribution < 1.29 is 17.6 Å². The Kier molecular flexibility index (Phi) is 17.3. The number of furan rings is 2. The molecule has 0 spiro atoms. The quantitative estimate of drug-likeness (QED) is 0.0487. The highest BCUT2D eigenvalue weighted by molar-refractivity contribution is 7.20. The van der Waals surface area contributed by atoms with E-state index in [4.69, 9.17) is 8.83 Å². The maximum absolute atomic E-state index is 18.4. The molecule has 0 aliphatic carbocycles. The van der Waals surface area contributed by atoms with Crippen molar-refractivity contribution in [2.75, 3.05) is 9.80 Å². The van der Waals surface area contributed by atoms with Gasteiger partial charge in [-0.1, -0.05) is 343 Å². The van der Waals surface area contributed by atoms with Crippen LogP contribution in [0.4, 0.5) is 42.9 Å². The molecule has 546 valence electrons. The number of halogens is 2. The number of benzene rings is 18. The summed E-state index contributed by atoms with van der Waals surface area (Å²) in [4.78, 5) is 4.26. The molecule has 0 aliphatic heterocycles. The second kappa shape index (κ2) is 28.4. The zero-order valence-corrected chi connectivity index (χ0v) is 65.6. The van der Waals surface area contributed by atoms with Crippen molar-refractivity contribution in [2.45, 2.75) is 39.5 Å². The Morgan fingerprint density at radius 1 is 0.237 bits per heavy atom. The second-order valence-electron chi connectivity index (χ2n) is 30.7. The first-order valence-electron chi connectivity index (χ1n) is 39.4. The van der Waals surface area contributed by atoms with E-state index in [1.54, 1.807) is 12.1 Å². The number of rotatable bonds is 18. The van der Waals surface area contributed by atoms with E-state index in [-0.39, 0.29) is 17.7 Å². The number of hydrogen-bond acceptors (Lipinski definition) is 4. The summed E-state index contributed by atoms with van der Waals surface area (Å²) in [5, 5.41) is 20.0. The van der Waals surface area contributed by atoms with E-state index in [2.05, 4.69) is 347 Å². The molecule has 20 rings (SSSR count). The highest BCUT2D eigenvalue weighted by Gasteiger charge is 2.43. The Morgan fingerprint density at radius 2 is 0.579 bits per heavy atom. The maximum atomic E-state index is 18.4. The fraction of sp³-hybridized carbons (Fsp3) is 0.0566. The average Bonchev–Trinajstić information content (AvgIpc) is 0.818.